The zero-order valence-electron chi connectivity index (χ0n) is 14.1. The summed E-state index contributed by atoms with van der Waals surface area (Å²) in [6.07, 6.45) is 3.34. The van der Waals surface area contributed by atoms with Crippen LogP contribution >= 0.6 is 0 Å². The molecular formula is C20H22N2O3. The molecule has 0 unspecified atom stereocenters. The highest BCUT2D eigenvalue weighted by molar-refractivity contribution is 6.12. The fourth-order valence-corrected chi connectivity index (χ4v) is 2.97. The number of benzene rings is 2. The van der Waals surface area contributed by atoms with Crippen molar-refractivity contribution in [3.05, 3.63) is 65.7 Å². The molecule has 0 radical (unpaired) electrons. The summed E-state index contributed by atoms with van der Waals surface area (Å²) < 4.78 is 5.60. The van der Waals surface area contributed by atoms with Crippen LogP contribution in [0.5, 0.6) is 5.75 Å². The standard InChI is InChI=1S/C20H22N2O3/c23-19(22-13-5-2-6-14-22)15-25-18-11-9-17(10-12-18)20(21-24)16-7-3-1-4-8-16/h1,3-4,7-12,24H,2,5-6,13-15H2/b21-20+. The molecule has 0 aromatic heterocycles. The molecule has 3 rings (SSSR count). The van der Waals surface area contributed by atoms with Crippen molar-refractivity contribution in [1.82, 2.24) is 4.90 Å². The number of carbonyl (C=O) groups is 1. The summed E-state index contributed by atoms with van der Waals surface area (Å²) in [5, 5.41) is 12.7. The van der Waals surface area contributed by atoms with E-state index in [9.17, 15) is 10.0 Å². The number of nitrogens with zero attached hydrogens (tertiary/aromatic N) is 2. The molecule has 1 fully saturated rings. The van der Waals surface area contributed by atoms with Gasteiger partial charge in [-0.15, -0.1) is 0 Å². The molecule has 0 spiro atoms. The average molecular weight is 338 g/mol. The van der Waals surface area contributed by atoms with Gasteiger partial charge in [-0.05, 0) is 43.5 Å². The van der Waals surface area contributed by atoms with Gasteiger partial charge in [-0.2, -0.15) is 0 Å². The van der Waals surface area contributed by atoms with E-state index >= 15 is 0 Å². The molecular weight excluding hydrogens is 316 g/mol. The van der Waals surface area contributed by atoms with Crippen LogP contribution in [0, 0.1) is 0 Å². The maximum Gasteiger partial charge on any atom is 0.260 e. The number of carbonyl (C=O) groups excluding carboxylic acids is 1. The van der Waals surface area contributed by atoms with Crippen LogP contribution in [0.25, 0.3) is 0 Å². The van der Waals surface area contributed by atoms with E-state index in [1.54, 1.807) is 12.1 Å². The second kappa shape index (κ2) is 8.33. The van der Waals surface area contributed by atoms with Crippen molar-refractivity contribution in [2.75, 3.05) is 19.7 Å². The van der Waals surface area contributed by atoms with Gasteiger partial charge in [0.15, 0.2) is 6.61 Å². The van der Waals surface area contributed by atoms with E-state index in [-0.39, 0.29) is 12.5 Å². The third kappa shape index (κ3) is 4.38. The number of hydrogen-bond donors (Lipinski definition) is 1. The molecule has 1 saturated heterocycles. The van der Waals surface area contributed by atoms with Crippen LogP contribution in [0.3, 0.4) is 0 Å². The fourth-order valence-electron chi connectivity index (χ4n) is 2.97. The summed E-state index contributed by atoms with van der Waals surface area (Å²) in [4.78, 5) is 14.0. The lowest BCUT2D eigenvalue weighted by Gasteiger charge is -2.26. The maximum absolute atomic E-state index is 12.1. The Hall–Kier alpha value is -2.82. The SMILES string of the molecule is O=C(COc1ccc(/C(=N/O)c2ccccc2)cc1)N1CCCCC1. The van der Waals surface area contributed by atoms with Crippen molar-refractivity contribution >= 4 is 11.6 Å². The molecule has 1 amide bonds. The highest BCUT2D eigenvalue weighted by Crippen LogP contribution is 2.17. The Labute approximate surface area is 147 Å². The summed E-state index contributed by atoms with van der Waals surface area (Å²) in [6, 6.07) is 16.7. The molecule has 1 aliphatic rings. The van der Waals surface area contributed by atoms with Gasteiger partial charge in [0.2, 0.25) is 0 Å². The minimum Gasteiger partial charge on any atom is -0.484 e. The molecule has 5 heteroatoms. The number of rotatable bonds is 5. The molecule has 130 valence electrons. The Morgan fingerprint density at radius 3 is 2.24 bits per heavy atom. The summed E-state index contributed by atoms with van der Waals surface area (Å²) >= 11 is 0. The van der Waals surface area contributed by atoms with Crippen molar-refractivity contribution < 1.29 is 14.7 Å². The zero-order chi connectivity index (χ0) is 17.5. The Morgan fingerprint density at radius 1 is 0.960 bits per heavy atom. The predicted octanol–water partition coefficient (Wildman–Crippen LogP) is 3.30. The first-order valence-corrected chi connectivity index (χ1v) is 8.56. The van der Waals surface area contributed by atoms with Crippen molar-refractivity contribution in [2.45, 2.75) is 19.3 Å². The lowest BCUT2D eigenvalue weighted by Crippen LogP contribution is -2.38. The molecule has 1 N–H and O–H groups in total. The first-order chi connectivity index (χ1) is 12.3. The normalized spacial score (nSPS) is 15.0. The number of piperidine rings is 1. The van der Waals surface area contributed by atoms with Gasteiger partial charge in [0, 0.05) is 24.2 Å². The van der Waals surface area contributed by atoms with E-state index in [2.05, 4.69) is 5.16 Å². The summed E-state index contributed by atoms with van der Waals surface area (Å²) in [6.45, 7) is 1.71. The first kappa shape index (κ1) is 17.0. The van der Waals surface area contributed by atoms with Crippen LogP contribution in [0.4, 0.5) is 0 Å². The van der Waals surface area contributed by atoms with Crippen LogP contribution in [0.2, 0.25) is 0 Å². The van der Waals surface area contributed by atoms with Gasteiger partial charge in [0.25, 0.3) is 5.91 Å². The van der Waals surface area contributed by atoms with E-state index in [0.29, 0.717) is 11.5 Å². The molecule has 25 heavy (non-hydrogen) atoms. The Kier molecular flexibility index (Phi) is 5.67. The van der Waals surface area contributed by atoms with Crippen LogP contribution in [-0.4, -0.2) is 41.4 Å². The predicted molar refractivity (Wildman–Crippen MR) is 96.2 cm³/mol. The largest absolute Gasteiger partial charge is 0.484 e. The topological polar surface area (TPSA) is 62.1 Å². The molecule has 0 bridgehead atoms. The Balaban J connectivity index is 1.61. The number of amides is 1. The lowest BCUT2D eigenvalue weighted by molar-refractivity contribution is -0.134. The summed E-state index contributed by atoms with van der Waals surface area (Å²) in [5.41, 5.74) is 2.11. The van der Waals surface area contributed by atoms with E-state index < -0.39 is 0 Å². The van der Waals surface area contributed by atoms with Crippen molar-refractivity contribution in [1.29, 1.82) is 0 Å². The monoisotopic (exact) mass is 338 g/mol. The van der Waals surface area contributed by atoms with Gasteiger partial charge in [-0.1, -0.05) is 35.5 Å². The minimum absolute atomic E-state index is 0.0330. The quantitative estimate of drug-likeness (QED) is 0.517. The third-order valence-corrected chi connectivity index (χ3v) is 4.35. The van der Waals surface area contributed by atoms with Crippen molar-refractivity contribution in [3.8, 4) is 5.75 Å². The maximum atomic E-state index is 12.1. The molecule has 0 aliphatic carbocycles. The second-order valence-corrected chi connectivity index (χ2v) is 6.07. The van der Waals surface area contributed by atoms with Gasteiger partial charge in [0.05, 0.1) is 0 Å². The molecule has 2 aromatic rings. The van der Waals surface area contributed by atoms with Gasteiger partial charge in [0.1, 0.15) is 11.5 Å². The molecule has 0 saturated carbocycles. The molecule has 5 nitrogen and oxygen atoms in total. The first-order valence-electron chi connectivity index (χ1n) is 8.56. The summed E-state index contributed by atoms with van der Waals surface area (Å²) in [7, 11) is 0. The number of likely N-dealkylation sites (tertiary alicyclic amines) is 1. The number of oxime groups is 1. The number of ether oxygens (including phenoxy) is 1. The Morgan fingerprint density at radius 2 is 1.60 bits per heavy atom. The lowest BCUT2D eigenvalue weighted by atomic mass is 10.0. The molecule has 1 aliphatic heterocycles. The number of hydrogen-bond acceptors (Lipinski definition) is 4. The Bertz CT molecular complexity index is 720. The highest BCUT2D eigenvalue weighted by Gasteiger charge is 2.16. The highest BCUT2D eigenvalue weighted by atomic mass is 16.5. The van der Waals surface area contributed by atoms with Gasteiger partial charge in [-0.3, -0.25) is 4.79 Å². The smallest absolute Gasteiger partial charge is 0.260 e. The summed E-state index contributed by atoms with van der Waals surface area (Å²) in [5.74, 6) is 0.658. The third-order valence-electron chi connectivity index (χ3n) is 4.35. The minimum atomic E-state index is 0.0330. The fraction of sp³-hybridized carbons (Fsp3) is 0.300. The molecule has 1 heterocycles. The van der Waals surface area contributed by atoms with Crippen LogP contribution < -0.4 is 4.74 Å². The van der Waals surface area contributed by atoms with Gasteiger partial charge >= 0.3 is 0 Å². The van der Waals surface area contributed by atoms with E-state index in [0.717, 1.165) is 37.1 Å². The zero-order valence-corrected chi connectivity index (χ0v) is 14.1. The second-order valence-electron chi connectivity index (χ2n) is 6.07. The average Bonchev–Trinajstić information content (AvgIpc) is 2.69. The van der Waals surface area contributed by atoms with Gasteiger partial charge in [-0.25, -0.2) is 0 Å². The van der Waals surface area contributed by atoms with E-state index in [1.165, 1.54) is 6.42 Å². The van der Waals surface area contributed by atoms with Crippen LogP contribution in [0.15, 0.2) is 59.8 Å². The van der Waals surface area contributed by atoms with Crippen LogP contribution in [0.1, 0.15) is 30.4 Å². The van der Waals surface area contributed by atoms with Crippen LogP contribution in [-0.2, 0) is 4.79 Å². The molecule has 0 atom stereocenters. The van der Waals surface area contributed by atoms with E-state index in [1.807, 2.05) is 47.4 Å². The van der Waals surface area contributed by atoms with E-state index in [4.69, 9.17) is 4.74 Å². The van der Waals surface area contributed by atoms with Gasteiger partial charge < -0.3 is 14.8 Å². The molecule has 2 aromatic carbocycles. The van der Waals surface area contributed by atoms with Crippen molar-refractivity contribution in [2.24, 2.45) is 5.16 Å². The van der Waals surface area contributed by atoms with Crippen molar-refractivity contribution in [3.63, 3.8) is 0 Å².